The minimum atomic E-state index is -0.449. The first-order chi connectivity index (χ1) is 33.9. The van der Waals surface area contributed by atoms with Crippen LogP contribution < -0.4 is 34.4 Å². The zero-order valence-corrected chi connectivity index (χ0v) is 43.1. The molecule has 70 heavy (non-hydrogen) atoms. The number of thioether (sulfide) groups is 6. The third-order valence-corrected chi connectivity index (χ3v) is 17.0. The second-order valence-electron chi connectivity index (χ2n) is 14.9. The van der Waals surface area contributed by atoms with Crippen molar-refractivity contribution < 1.29 is 9.85 Å². The lowest BCUT2D eigenvalue weighted by molar-refractivity contribution is -0.479. The van der Waals surface area contributed by atoms with Gasteiger partial charge in [0.25, 0.3) is 0 Å². The number of nitrogens with zero attached hydrogens (tertiary/aromatic N) is 2. The molecule has 0 radical (unpaired) electrons. The summed E-state index contributed by atoms with van der Waals surface area (Å²) in [5, 5.41) is 21.6. The minimum absolute atomic E-state index is 0.272. The summed E-state index contributed by atoms with van der Waals surface area (Å²) in [4.78, 5) is 27.9. The Labute approximate surface area is 435 Å². The van der Waals surface area contributed by atoms with E-state index in [1.54, 1.807) is 83.4 Å². The van der Waals surface area contributed by atoms with Crippen LogP contribution in [0.5, 0.6) is 0 Å². The summed E-state index contributed by atoms with van der Waals surface area (Å²) < 4.78 is 0. The maximum absolute atomic E-state index is 11.3. The largest absolute Gasteiger partial charge is 0.398 e. The second-order valence-corrected chi connectivity index (χ2v) is 21.8. The van der Waals surface area contributed by atoms with Crippen LogP contribution in [0.3, 0.4) is 0 Å². The van der Waals surface area contributed by atoms with Crippen molar-refractivity contribution in [3.63, 3.8) is 0 Å². The number of para-hydroxylation sites is 6. The first kappa shape index (κ1) is 54.9. The van der Waals surface area contributed by atoms with E-state index < -0.39 is 10.5 Å². The van der Waals surface area contributed by atoms with E-state index in [2.05, 4.69) is 24.3 Å². The standard InChI is InChI=1S/C22H22N4O4S2.C16H18N2S2.C14H16N2S2/c23-17-5-1-3-7-19(17)31-21(13-25(27)28)15-9-11-16(12-10-15)22(14-26(29)30)32-20-8-4-2-6-18(20)24;17-13-7-1-3-9-15(13)19-11-5-6-12-20-16-10-4-2-8-14(16)18;15-11-5-1-3-7-13(11)17-9-10-18-14-8-4-2-6-12(14)16/h1-12,21-22H,13-14,23-24H2;1-10H,11-12,17-18H2;1-8H,9-10,15-16H2. The number of hydrogen-bond donors (Lipinski definition) is 6. The molecule has 0 fully saturated rings. The van der Waals surface area contributed by atoms with Gasteiger partial charge in [0.15, 0.2) is 0 Å². The van der Waals surface area contributed by atoms with Crippen LogP contribution in [-0.4, -0.2) is 45.9 Å². The number of nitrogens with two attached hydrogens (primary N) is 6. The normalized spacial score (nSPS) is 11.7. The number of anilines is 6. The lowest BCUT2D eigenvalue weighted by atomic mass is 10.1. The van der Waals surface area contributed by atoms with Crippen molar-refractivity contribution in [2.75, 3.05) is 70.5 Å². The number of rotatable bonds is 21. The fourth-order valence-corrected chi connectivity index (χ4v) is 12.1. The molecule has 7 rings (SSSR count). The van der Waals surface area contributed by atoms with Gasteiger partial charge in [0.05, 0.1) is 10.5 Å². The predicted octanol–water partition coefficient (Wildman–Crippen LogP) is 13.1. The van der Waals surface area contributed by atoms with Gasteiger partial charge in [0, 0.05) is 96.4 Å². The molecule has 2 unspecified atom stereocenters. The fraction of sp³-hybridized carbons (Fsp3) is 0.154. The van der Waals surface area contributed by atoms with E-state index in [0.29, 0.717) is 11.4 Å². The first-order valence-corrected chi connectivity index (χ1v) is 27.5. The topological polar surface area (TPSA) is 242 Å². The first-order valence-electron chi connectivity index (χ1n) is 21.8. The van der Waals surface area contributed by atoms with Gasteiger partial charge >= 0.3 is 0 Å². The van der Waals surface area contributed by atoms with Gasteiger partial charge in [-0.3, -0.25) is 20.2 Å². The Bertz CT molecular complexity index is 2580. The molecule has 0 aliphatic carbocycles. The smallest absolute Gasteiger partial charge is 0.220 e. The van der Waals surface area contributed by atoms with Gasteiger partial charge in [-0.05, 0) is 83.9 Å². The summed E-state index contributed by atoms with van der Waals surface area (Å²) in [7, 11) is 0. The lowest BCUT2D eigenvalue weighted by Crippen LogP contribution is -2.12. The molecule has 18 heteroatoms. The molecular formula is C52H56N8O4S6. The Morgan fingerprint density at radius 1 is 0.371 bits per heavy atom. The molecule has 7 aromatic carbocycles. The van der Waals surface area contributed by atoms with Crippen LogP contribution in [0.25, 0.3) is 0 Å². The number of benzene rings is 7. The maximum atomic E-state index is 11.3. The summed E-state index contributed by atoms with van der Waals surface area (Å²) in [6.07, 6.45) is 4.34. The van der Waals surface area contributed by atoms with Crippen molar-refractivity contribution in [3.8, 4) is 0 Å². The molecule has 364 valence electrons. The van der Waals surface area contributed by atoms with Crippen molar-refractivity contribution in [2.24, 2.45) is 0 Å². The minimum Gasteiger partial charge on any atom is -0.398 e. The van der Waals surface area contributed by atoms with Gasteiger partial charge in [-0.15, -0.1) is 70.6 Å². The SMILES string of the molecule is Nc1ccccc1SC(C[N+](=O)[O-])c1ccc(C(C[N+](=O)[O-])Sc2ccccc2N)cc1.Nc1ccccc1SCC=CCSc1ccccc1N.Nc1ccccc1SCCSc1ccccc1N. The molecule has 12 N–H and O–H groups in total. The Kier molecular flexibility index (Phi) is 23.4. The average molecular weight is 1050 g/mol. The molecule has 0 spiro atoms. The van der Waals surface area contributed by atoms with E-state index in [1.807, 2.05) is 121 Å². The quantitative estimate of drug-likeness (QED) is 0.00979. The molecule has 0 aliphatic heterocycles. The molecular weight excluding hydrogens is 993 g/mol. The van der Waals surface area contributed by atoms with E-state index in [1.165, 1.54) is 23.5 Å². The Balaban J connectivity index is 0.000000207. The van der Waals surface area contributed by atoms with E-state index >= 15 is 0 Å². The Hall–Kier alpha value is -6.02. The van der Waals surface area contributed by atoms with Crippen LogP contribution in [0.1, 0.15) is 21.6 Å². The van der Waals surface area contributed by atoms with Gasteiger partial charge < -0.3 is 34.4 Å². The van der Waals surface area contributed by atoms with Crippen LogP contribution in [0.2, 0.25) is 0 Å². The van der Waals surface area contributed by atoms with Crippen molar-refractivity contribution in [2.45, 2.75) is 39.9 Å². The van der Waals surface area contributed by atoms with Crippen molar-refractivity contribution >= 4 is 105 Å². The highest BCUT2D eigenvalue weighted by molar-refractivity contribution is 8.03. The number of nitro groups is 2. The van der Waals surface area contributed by atoms with E-state index in [9.17, 15) is 20.2 Å². The Morgan fingerprint density at radius 2 is 0.614 bits per heavy atom. The molecule has 12 nitrogen and oxygen atoms in total. The zero-order chi connectivity index (χ0) is 50.1. The second kappa shape index (κ2) is 29.9. The van der Waals surface area contributed by atoms with Crippen LogP contribution in [0.4, 0.5) is 34.1 Å². The van der Waals surface area contributed by atoms with E-state index in [-0.39, 0.29) is 22.9 Å². The third kappa shape index (κ3) is 19.1. The predicted molar refractivity (Wildman–Crippen MR) is 305 cm³/mol. The molecule has 0 saturated carbocycles. The van der Waals surface area contributed by atoms with Crippen molar-refractivity contribution in [3.05, 3.63) is 213 Å². The van der Waals surface area contributed by atoms with Gasteiger partial charge in [-0.2, -0.15) is 0 Å². The molecule has 0 heterocycles. The van der Waals surface area contributed by atoms with Crippen LogP contribution in [-0.2, 0) is 0 Å². The molecule has 2 atom stereocenters. The van der Waals surface area contributed by atoms with Crippen LogP contribution in [0, 0.1) is 20.2 Å². The molecule has 0 saturated heterocycles. The summed E-state index contributed by atoms with van der Waals surface area (Å²) in [5.74, 6) is 3.90. The zero-order valence-electron chi connectivity index (χ0n) is 38.2. The molecule has 7 aromatic rings. The average Bonchev–Trinajstić information content (AvgIpc) is 3.35. The van der Waals surface area contributed by atoms with Gasteiger partial charge in [-0.1, -0.05) is 109 Å². The lowest BCUT2D eigenvalue weighted by Gasteiger charge is -2.17. The summed E-state index contributed by atoms with van der Waals surface area (Å²) in [6, 6.07) is 53.4. The highest BCUT2D eigenvalue weighted by Gasteiger charge is 2.24. The Morgan fingerprint density at radius 3 is 0.871 bits per heavy atom. The highest BCUT2D eigenvalue weighted by Crippen LogP contribution is 2.41. The highest BCUT2D eigenvalue weighted by atomic mass is 32.2. The maximum Gasteiger partial charge on any atom is 0.220 e. The van der Waals surface area contributed by atoms with E-state index in [0.717, 1.165) is 86.3 Å². The molecule has 0 aliphatic rings. The molecule has 0 aromatic heterocycles. The molecule has 0 bridgehead atoms. The van der Waals surface area contributed by atoms with Crippen LogP contribution >= 0.6 is 70.6 Å². The van der Waals surface area contributed by atoms with E-state index in [4.69, 9.17) is 34.4 Å². The summed E-state index contributed by atoms with van der Waals surface area (Å²) in [5.41, 5.74) is 41.6. The summed E-state index contributed by atoms with van der Waals surface area (Å²) in [6.45, 7) is -0.544. The van der Waals surface area contributed by atoms with Crippen LogP contribution in [0.15, 0.2) is 211 Å². The van der Waals surface area contributed by atoms with Crippen molar-refractivity contribution in [1.82, 2.24) is 0 Å². The van der Waals surface area contributed by atoms with Gasteiger partial charge in [0.1, 0.15) is 0 Å². The third-order valence-electron chi connectivity index (χ3n) is 9.80. The number of nitrogen functional groups attached to an aromatic ring is 6. The summed E-state index contributed by atoms with van der Waals surface area (Å²) >= 11 is 9.73. The van der Waals surface area contributed by atoms with Crippen molar-refractivity contribution in [1.29, 1.82) is 0 Å². The monoisotopic (exact) mass is 1050 g/mol. The number of hydrogen-bond acceptors (Lipinski definition) is 16. The fourth-order valence-electron chi connectivity index (χ4n) is 6.26. The van der Waals surface area contributed by atoms with Gasteiger partial charge in [0.2, 0.25) is 13.1 Å². The van der Waals surface area contributed by atoms with Gasteiger partial charge in [-0.25, -0.2) is 0 Å². The molecule has 0 amide bonds.